The molecule has 0 aliphatic rings. The molecule has 2 N–H and O–H groups in total. The molecule has 0 unspecified atom stereocenters. The lowest BCUT2D eigenvalue weighted by Crippen LogP contribution is -2.30. The van der Waals surface area contributed by atoms with Crippen molar-refractivity contribution in [3.05, 3.63) is 58.6 Å². The Morgan fingerprint density at radius 2 is 1.96 bits per heavy atom. The summed E-state index contributed by atoms with van der Waals surface area (Å²) in [7, 11) is 0. The molecule has 0 spiro atoms. The van der Waals surface area contributed by atoms with Gasteiger partial charge in [-0.25, -0.2) is 4.98 Å². The van der Waals surface area contributed by atoms with Crippen LogP contribution >= 0.6 is 23.6 Å². The van der Waals surface area contributed by atoms with Crippen LogP contribution in [0.5, 0.6) is 0 Å². The molecule has 0 saturated heterocycles. The van der Waals surface area contributed by atoms with E-state index in [0.29, 0.717) is 5.11 Å². The van der Waals surface area contributed by atoms with E-state index in [1.165, 1.54) is 15.8 Å². The molecule has 0 radical (unpaired) electrons. The molecular weight excluding hydrogens is 322 g/mol. The van der Waals surface area contributed by atoms with Crippen molar-refractivity contribution < 1.29 is 0 Å². The van der Waals surface area contributed by atoms with Crippen molar-refractivity contribution in [1.29, 1.82) is 0 Å². The first kappa shape index (κ1) is 15.9. The molecule has 2 aromatic carbocycles. The summed E-state index contributed by atoms with van der Waals surface area (Å²) in [5.41, 5.74) is 4.61. The molecule has 0 atom stereocenters. The van der Waals surface area contributed by atoms with E-state index >= 15 is 0 Å². The lowest BCUT2D eigenvalue weighted by Gasteiger charge is -2.13. The number of thiocarbonyl (C=S) groups is 1. The maximum atomic E-state index is 5.38. The molecule has 0 bridgehead atoms. The Morgan fingerprint density at radius 3 is 2.78 bits per heavy atom. The zero-order chi connectivity index (χ0) is 16.2. The number of para-hydroxylation sites is 1. The van der Waals surface area contributed by atoms with Gasteiger partial charge in [0.1, 0.15) is 0 Å². The minimum atomic E-state index is 0.653. The van der Waals surface area contributed by atoms with Crippen LogP contribution in [0.3, 0.4) is 0 Å². The molecular formula is C18H19N3S2. The molecule has 5 heteroatoms. The molecule has 0 aliphatic heterocycles. The minimum Gasteiger partial charge on any atom is -0.362 e. The van der Waals surface area contributed by atoms with Crippen LogP contribution in [0.2, 0.25) is 0 Å². The van der Waals surface area contributed by atoms with Crippen molar-refractivity contribution in [2.24, 2.45) is 0 Å². The van der Waals surface area contributed by atoms with E-state index < -0.39 is 0 Å². The Labute approximate surface area is 145 Å². The first-order valence-electron chi connectivity index (χ1n) is 7.59. The Balaban J connectivity index is 1.54. The molecule has 0 saturated carbocycles. The summed E-state index contributed by atoms with van der Waals surface area (Å²) >= 11 is 7.12. The predicted molar refractivity (Wildman–Crippen MR) is 103 cm³/mol. The van der Waals surface area contributed by atoms with E-state index in [1.54, 1.807) is 11.3 Å². The second-order valence-electron chi connectivity index (χ2n) is 5.45. The monoisotopic (exact) mass is 341 g/mol. The Bertz CT molecular complexity index is 806. The fraction of sp³-hybridized carbons (Fsp3) is 0.222. The van der Waals surface area contributed by atoms with Gasteiger partial charge in [0.15, 0.2) is 5.11 Å². The standard InChI is InChI=1S/C18H19N3S2/c1-12-6-5-8-14(13(12)2)21-18(22)19-11-10-17-20-15-7-3-4-9-16(15)23-17/h3-9H,10-11H2,1-2H3,(H2,19,21,22). The number of nitrogens with one attached hydrogen (secondary N) is 2. The molecule has 0 fully saturated rings. The van der Waals surface area contributed by atoms with Gasteiger partial charge in [-0.1, -0.05) is 24.3 Å². The topological polar surface area (TPSA) is 37.0 Å². The summed E-state index contributed by atoms with van der Waals surface area (Å²) in [5, 5.41) is 8.31. The zero-order valence-corrected chi connectivity index (χ0v) is 14.9. The highest BCUT2D eigenvalue weighted by Gasteiger charge is 2.05. The normalized spacial score (nSPS) is 10.7. The number of aryl methyl sites for hydroxylation is 1. The summed E-state index contributed by atoms with van der Waals surface area (Å²) in [4.78, 5) is 4.63. The molecule has 3 nitrogen and oxygen atoms in total. The van der Waals surface area contributed by atoms with E-state index in [4.69, 9.17) is 12.2 Å². The van der Waals surface area contributed by atoms with Crippen LogP contribution in [0, 0.1) is 13.8 Å². The minimum absolute atomic E-state index is 0.653. The average Bonchev–Trinajstić information content (AvgIpc) is 2.94. The van der Waals surface area contributed by atoms with E-state index in [-0.39, 0.29) is 0 Å². The molecule has 3 rings (SSSR count). The quantitative estimate of drug-likeness (QED) is 0.688. The maximum Gasteiger partial charge on any atom is 0.170 e. The first-order chi connectivity index (χ1) is 11.1. The number of hydrogen-bond donors (Lipinski definition) is 2. The number of benzene rings is 2. The smallest absolute Gasteiger partial charge is 0.170 e. The van der Waals surface area contributed by atoms with Gasteiger partial charge in [0.05, 0.1) is 15.2 Å². The fourth-order valence-corrected chi connectivity index (χ4v) is 3.54. The van der Waals surface area contributed by atoms with Gasteiger partial charge in [0.2, 0.25) is 0 Å². The van der Waals surface area contributed by atoms with Crippen LogP contribution in [-0.4, -0.2) is 16.6 Å². The number of anilines is 1. The highest BCUT2D eigenvalue weighted by Crippen LogP contribution is 2.21. The number of rotatable bonds is 4. The summed E-state index contributed by atoms with van der Waals surface area (Å²) in [6, 6.07) is 14.4. The lowest BCUT2D eigenvalue weighted by molar-refractivity contribution is 0.868. The van der Waals surface area contributed by atoms with Crippen LogP contribution in [0.1, 0.15) is 16.1 Å². The van der Waals surface area contributed by atoms with Gasteiger partial charge in [-0.05, 0) is 55.4 Å². The highest BCUT2D eigenvalue weighted by atomic mass is 32.1. The van der Waals surface area contributed by atoms with Crippen LogP contribution in [-0.2, 0) is 6.42 Å². The van der Waals surface area contributed by atoms with Gasteiger partial charge >= 0.3 is 0 Å². The second-order valence-corrected chi connectivity index (χ2v) is 6.98. The van der Waals surface area contributed by atoms with Crippen LogP contribution in [0.15, 0.2) is 42.5 Å². The van der Waals surface area contributed by atoms with Crippen LogP contribution in [0.4, 0.5) is 5.69 Å². The number of hydrogen-bond acceptors (Lipinski definition) is 3. The summed E-state index contributed by atoms with van der Waals surface area (Å²) < 4.78 is 1.23. The maximum absolute atomic E-state index is 5.38. The molecule has 0 amide bonds. The number of aromatic nitrogens is 1. The van der Waals surface area contributed by atoms with Gasteiger partial charge in [0.25, 0.3) is 0 Å². The SMILES string of the molecule is Cc1cccc(NC(=S)NCCc2nc3ccccc3s2)c1C. The Morgan fingerprint density at radius 1 is 1.13 bits per heavy atom. The average molecular weight is 342 g/mol. The van der Waals surface area contributed by atoms with Crippen LogP contribution < -0.4 is 10.6 Å². The van der Waals surface area contributed by atoms with Crippen molar-refractivity contribution in [3.63, 3.8) is 0 Å². The van der Waals surface area contributed by atoms with Crippen molar-refractivity contribution in [2.45, 2.75) is 20.3 Å². The third kappa shape index (κ3) is 3.86. The van der Waals surface area contributed by atoms with Crippen LogP contribution in [0.25, 0.3) is 10.2 Å². The van der Waals surface area contributed by atoms with E-state index in [1.807, 2.05) is 24.3 Å². The third-order valence-electron chi connectivity index (χ3n) is 3.82. The van der Waals surface area contributed by atoms with Gasteiger partial charge in [0, 0.05) is 18.7 Å². The highest BCUT2D eigenvalue weighted by molar-refractivity contribution is 7.80. The summed E-state index contributed by atoms with van der Waals surface area (Å²) in [6.07, 6.45) is 0.869. The summed E-state index contributed by atoms with van der Waals surface area (Å²) in [6.45, 7) is 4.97. The van der Waals surface area contributed by atoms with Gasteiger partial charge in [-0.15, -0.1) is 11.3 Å². The number of fused-ring (bicyclic) bond motifs is 1. The number of thiazole rings is 1. The fourth-order valence-electron chi connectivity index (χ4n) is 2.36. The molecule has 3 aromatic rings. The van der Waals surface area contributed by atoms with E-state index in [9.17, 15) is 0 Å². The predicted octanol–water partition coefficient (Wildman–Crippen LogP) is 4.44. The van der Waals surface area contributed by atoms with E-state index in [0.717, 1.165) is 29.2 Å². The van der Waals surface area contributed by atoms with Gasteiger partial charge in [-0.2, -0.15) is 0 Å². The molecule has 1 aromatic heterocycles. The largest absolute Gasteiger partial charge is 0.362 e. The molecule has 1 heterocycles. The first-order valence-corrected chi connectivity index (χ1v) is 8.81. The Hall–Kier alpha value is -1.98. The van der Waals surface area contributed by atoms with Gasteiger partial charge < -0.3 is 10.6 Å². The molecule has 23 heavy (non-hydrogen) atoms. The van der Waals surface area contributed by atoms with Gasteiger partial charge in [-0.3, -0.25) is 0 Å². The molecule has 118 valence electrons. The Kier molecular flexibility index (Phi) is 4.88. The lowest BCUT2D eigenvalue weighted by atomic mass is 10.1. The summed E-state index contributed by atoms with van der Waals surface area (Å²) in [5.74, 6) is 0. The third-order valence-corrected chi connectivity index (χ3v) is 5.16. The van der Waals surface area contributed by atoms with Crippen molar-refractivity contribution in [2.75, 3.05) is 11.9 Å². The zero-order valence-electron chi connectivity index (χ0n) is 13.2. The van der Waals surface area contributed by atoms with Crippen molar-refractivity contribution in [3.8, 4) is 0 Å². The van der Waals surface area contributed by atoms with Crippen molar-refractivity contribution in [1.82, 2.24) is 10.3 Å². The van der Waals surface area contributed by atoms with E-state index in [2.05, 4.69) is 47.7 Å². The molecule has 0 aliphatic carbocycles. The van der Waals surface area contributed by atoms with Crippen molar-refractivity contribution >= 4 is 44.6 Å². The number of nitrogens with zero attached hydrogens (tertiary/aromatic N) is 1. The second kappa shape index (κ2) is 7.06.